The predicted octanol–water partition coefficient (Wildman–Crippen LogP) is 3.30. The molecule has 5 nitrogen and oxygen atoms in total. The Bertz CT molecular complexity index is 514. The fraction of sp³-hybridized carbons (Fsp3) is 0.611. The van der Waals surface area contributed by atoms with E-state index in [0.29, 0.717) is 5.92 Å². The molecule has 2 rings (SSSR count). The number of benzene rings is 1. The summed E-state index contributed by atoms with van der Waals surface area (Å²) in [5.41, 5.74) is 0.717. The molecule has 1 saturated heterocycles. The van der Waals surface area contributed by atoms with Crippen LogP contribution in [0, 0.1) is 5.92 Å². The van der Waals surface area contributed by atoms with Gasteiger partial charge in [-0.2, -0.15) is 0 Å². The molecule has 0 spiro atoms. The number of carbonyl (C=O) groups is 1. The molecular weight excluding hydrogens is 292 g/mol. The standard InChI is InChI=1S/C18H28N2O3/c1-18(2,3)23-17(22)20-11-9-14(10-12-20)16(19-4)13-5-7-15(21)8-6-13/h5-8,14,16,19,21H,9-12H2,1-4H3. The van der Waals surface area contributed by atoms with Crippen molar-refractivity contribution in [2.75, 3.05) is 20.1 Å². The van der Waals surface area contributed by atoms with Crippen molar-refractivity contribution in [3.63, 3.8) is 0 Å². The number of aromatic hydroxyl groups is 1. The fourth-order valence-electron chi connectivity index (χ4n) is 3.10. The van der Waals surface area contributed by atoms with E-state index < -0.39 is 5.60 Å². The van der Waals surface area contributed by atoms with Crippen molar-refractivity contribution >= 4 is 6.09 Å². The van der Waals surface area contributed by atoms with Crippen LogP contribution in [0.1, 0.15) is 45.2 Å². The van der Waals surface area contributed by atoms with Crippen molar-refractivity contribution in [3.05, 3.63) is 29.8 Å². The van der Waals surface area contributed by atoms with Gasteiger partial charge >= 0.3 is 6.09 Å². The van der Waals surface area contributed by atoms with Crippen LogP contribution in [0.15, 0.2) is 24.3 Å². The van der Waals surface area contributed by atoms with Gasteiger partial charge in [-0.25, -0.2) is 4.79 Å². The minimum atomic E-state index is -0.451. The number of phenols is 1. The molecule has 1 heterocycles. The summed E-state index contributed by atoms with van der Waals surface area (Å²) in [4.78, 5) is 13.9. The van der Waals surface area contributed by atoms with Crippen LogP contribution in [0.4, 0.5) is 4.79 Å². The highest BCUT2D eigenvalue weighted by molar-refractivity contribution is 5.68. The number of phenolic OH excluding ortho intramolecular Hbond substituents is 1. The largest absolute Gasteiger partial charge is 0.508 e. The molecule has 0 aromatic heterocycles. The van der Waals surface area contributed by atoms with Gasteiger partial charge in [0.2, 0.25) is 0 Å². The number of carbonyl (C=O) groups excluding carboxylic acids is 1. The molecule has 0 radical (unpaired) electrons. The molecular formula is C18H28N2O3. The fourth-order valence-corrected chi connectivity index (χ4v) is 3.10. The lowest BCUT2D eigenvalue weighted by Gasteiger charge is -2.36. The quantitative estimate of drug-likeness (QED) is 0.897. The zero-order valence-electron chi connectivity index (χ0n) is 14.5. The summed E-state index contributed by atoms with van der Waals surface area (Å²) < 4.78 is 5.44. The third-order valence-electron chi connectivity index (χ3n) is 4.23. The molecule has 0 bridgehead atoms. The number of rotatable bonds is 3. The van der Waals surface area contributed by atoms with Crippen molar-refractivity contribution < 1.29 is 14.6 Å². The van der Waals surface area contributed by atoms with E-state index >= 15 is 0 Å². The number of hydrogen-bond acceptors (Lipinski definition) is 4. The molecule has 0 aliphatic carbocycles. The highest BCUT2D eigenvalue weighted by Gasteiger charge is 2.30. The van der Waals surface area contributed by atoms with E-state index in [-0.39, 0.29) is 17.9 Å². The summed E-state index contributed by atoms with van der Waals surface area (Å²) in [6.07, 6.45) is 1.65. The Hall–Kier alpha value is -1.75. The summed E-state index contributed by atoms with van der Waals surface area (Å²) in [6, 6.07) is 7.58. The molecule has 1 aliphatic rings. The van der Waals surface area contributed by atoms with Crippen LogP contribution in [-0.4, -0.2) is 41.8 Å². The number of hydrogen-bond donors (Lipinski definition) is 2. The maximum atomic E-state index is 12.1. The van der Waals surface area contributed by atoms with Gasteiger partial charge in [-0.15, -0.1) is 0 Å². The Morgan fingerprint density at radius 3 is 2.30 bits per heavy atom. The molecule has 5 heteroatoms. The van der Waals surface area contributed by atoms with E-state index in [9.17, 15) is 9.90 Å². The van der Waals surface area contributed by atoms with E-state index in [1.54, 1.807) is 17.0 Å². The Labute approximate surface area is 138 Å². The van der Waals surface area contributed by atoms with Crippen molar-refractivity contribution in [1.29, 1.82) is 0 Å². The topological polar surface area (TPSA) is 61.8 Å². The molecule has 1 unspecified atom stereocenters. The first-order valence-corrected chi connectivity index (χ1v) is 8.24. The van der Waals surface area contributed by atoms with Crippen molar-refractivity contribution in [1.82, 2.24) is 10.2 Å². The maximum Gasteiger partial charge on any atom is 0.410 e. The third-order valence-corrected chi connectivity index (χ3v) is 4.23. The molecule has 1 aliphatic heterocycles. The third kappa shape index (κ3) is 4.86. The van der Waals surface area contributed by atoms with E-state index in [0.717, 1.165) is 25.9 Å². The van der Waals surface area contributed by atoms with Crippen LogP contribution in [0.3, 0.4) is 0 Å². The molecule has 23 heavy (non-hydrogen) atoms. The second-order valence-electron chi connectivity index (χ2n) is 7.16. The van der Waals surface area contributed by atoms with Gasteiger partial charge in [0, 0.05) is 19.1 Å². The second kappa shape index (κ2) is 7.21. The summed E-state index contributed by atoms with van der Waals surface area (Å²) >= 11 is 0. The zero-order valence-corrected chi connectivity index (χ0v) is 14.5. The number of amides is 1. The van der Waals surface area contributed by atoms with Gasteiger partial charge < -0.3 is 20.1 Å². The van der Waals surface area contributed by atoms with Crippen LogP contribution in [0.2, 0.25) is 0 Å². The van der Waals surface area contributed by atoms with Crippen molar-refractivity contribution in [2.45, 2.75) is 45.3 Å². The molecule has 0 saturated carbocycles. The summed E-state index contributed by atoms with van der Waals surface area (Å²) in [6.45, 7) is 7.10. The molecule has 1 amide bonds. The lowest BCUT2D eigenvalue weighted by atomic mass is 9.85. The van der Waals surface area contributed by atoms with Gasteiger partial charge in [-0.05, 0) is 64.3 Å². The van der Waals surface area contributed by atoms with E-state index in [1.165, 1.54) is 5.56 Å². The van der Waals surface area contributed by atoms with Crippen molar-refractivity contribution in [2.24, 2.45) is 5.92 Å². The van der Waals surface area contributed by atoms with E-state index in [1.807, 2.05) is 40.0 Å². The van der Waals surface area contributed by atoms with Crippen LogP contribution >= 0.6 is 0 Å². The molecule has 2 N–H and O–H groups in total. The monoisotopic (exact) mass is 320 g/mol. The highest BCUT2D eigenvalue weighted by Crippen LogP contribution is 2.31. The van der Waals surface area contributed by atoms with Gasteiger partial charge in [0.05, 0.1) is 0 Å². The van der Waals surface area contributed by atoms with E-state index in [2.05, 4.69) is 5.32 Å². The van der Waals surface area contributed by atoms with Crippen LogP contribution in [-0.2, 0) is 4.74 Å². The first-order valence-electron chi connectivity index (χ1n) is 8.24. The molecule has 1 fully saturated rings. The van der Waals surface area contributed by atoms with Crippen LogP contribution < -0.4 is 5.32 Å². The lowest BCUT2D eigenvalue weighted by molar-refractivity contribution is 0.0170. The molecule has 1 aromatic rings. The predicted molar refractivity (Wildman–Crippen MR) is 90.4 cm³/mol. The van der Waals surface area contributed by atoms with Gasteiger partial charge in [-0.1, -0.05) is 12.1 Å². The Kier molecular flexibility index (Phi) is 5.52. The first kappa shape index (κ1) is 17.6. The average molecular weight is 320 g/mol. The Balaban J connectivity index is 1.94. The van der Waals surface area contributed by atoms with Gasteiger partial charge in [-0.3, -0.25) is 0 Å². The number of piperidine rings is 1. The van der Waals surface area contributed by atoms with E-state index in [4.69, 9.17) is 4.74 Å². The highest BCUT2D eigenvalue weighted by atomic mass is 16.6. The average Bonchev–Trinajstić information content (AvgIpc) is 2.49. The Morgan fingerprint density at radius 1 is 1.26 bits per heavy atom. The SMILES string of the molecule is CNC(c1ccc(O)cc1)C1CCN(C(=O)OC(C)(C)C)CC1. The minimum Gasteiger partial charge on any atom is -0.508 e. The van der Waals surface area contributed by atoms with Gasteiger partial charge in [0.25, 0.3) is 0 Å². The minimum absolute atomic E-state index is 0.221. The number of likely N-dealkylation sites (tertiary alicyclic amines) is 1. The smallest absolute Gasteiger partial charge is 0.410 e. The number of nitrogens with one attached hydrogen (secondary N) is 1. The molecule has 128 valence electrons. The molecule has 1 aromatic carbocycles. The summed E-state index contributed by atoms with van der Waals surface area (Å²) in [5.74, 6) is 0.742. The summed E-state index contributed by atoms with van der Waals surface area (Å²) in [5, 5.41) is 12.8. The number of ether oxygens (including phenoxy) is 1. The zero-order chi connectivity index (χ0) is 17.0. The van der Waals surface area contributed by atoms with Crippen LogP contribution in [0.5, 0.6) is 5.75 Å². The lowest BCUT2D eigenvalue weighted by Crippen LogP contribution is -2.43. The maximum absolute atomic E-state index is 12.1. The van der Waals surface area contributed by atoms with Gasteiger partial charge in [0.1, 0.15) is 11.4 Å². The molecule has 1 atom stereocenters. The summed E-state index contributed by atoms with van der Waals surface area (Å²) in [7, 11) is 1.96. The Morgan fingerprint density at radius 2 is 1.83 bits per heavy atom. The second-order valence-corrected chi connectivity index (χ2v) is 7.16. The normalized spacial score (nSPS) is 17.8. The van der Waals surface area contributed by atoms with Gasteiger partial charge in [0.15, 0.2) is 0 Å². The number of nitrogens with zero attached hydrogens (tertiary/aromatic N) is 1. The first-order chi connectivity index (χ1) is 10.8. The van der Waals surface area contributed by atoms with Crippen molar-refractivity contribution in [3.8, 4) is 5.75 Å². The van der Waals surface area contributed by atoms with Crippen LogP contribution in [0.25, 0.3) is 0 Å².